The molecule has 0 aliphatic rings. The highest BCUT2D eigenvalue weighted by Crippen LogP contribution is 2.42. The van der Waals surface area contributed by atoms with Gasteiger partial charge < -0.3 is 18.9 Å². The summed E-state index contributed by atoms with van der Waals surface area (Å²) in [6.07, 6.45) is 7.21. The van der Waals surface area contributed by atoms with Crippen molar-refractivity contribution in [3.05, 3.63) is 47.5 Å². The minimum Gasteiger partial charge on any atom is -0.423 e. The fraction of sp³-hybridized carbons (Fsp3) is 0.579. The Kier molecular flexibility index (Phi) is 17.1. The Morgan fingerprint density at radius 2 is 0.804 bits per heavy atom. The zero-order valence-electron chi connectivity index (χ0n) is 28.9. The molecule has 2 aromatic rings. The number of esters is 4. The van der Waals surface area contributed by atoms with Crippen LogP contribution in [-0.2, 0) is 19.2 Å². The summed E-state index contributed by atoms with van der Waals surface area (Å²) in [6.45, 7) is 14.4. The fourth-order valence-corrected chi connectivity index (χ4v) is 4.93. The molecule has 1 atom stereocenters. The van der Waals surface area contributed by atoms with Crippen molar-refractivity contribution in [2.75, 3.05) is 0 Å². The molecule has 8 heteroatoms. The molecule has 2 aromatic carbocycles. The van der Waals surface area contributed by atoms with Crippen molar-refractivity contribution in [3.63, 3.8) is 0 Å². The maximum atomic E-state index is 12.7. The molecule has 46 heavy (non-hydrogen) atoms. The molecule has 1 unspecified atom stereocenters. The second-order valence-electron chi connectivity index (χ2n) is 12.3. The molecular formula is C38H54O8. The maximum Gasteiger partial charge on any atom is 0.311 e. The molecule has 254 valence electrons. The summed E-state index contributed by atoms with van der Waals surface area (Å²) in [5.74, 6) is -0.668. The van der Waals surface area contributed by atoms with Gasteiger partial charge in [0.1, 0.15) is 0 Å². The molecule has 0 spiro atoms. The van der Waals surface area contributed by atoms with E-state index in [1.807, 2.05) is 39.8 Å². The van der Waals surface area contributed by atoms with Crippen LogP contribution in [0.2, 0.25) is 0 Å². The van der Waals surface area contributed by atoms with Crippen LogP contribution in [0.15, 0.2) is 36.4 Å². The van der Waals surface area contributed by atoms with E-state index in [2.05, 4.69) is 20.8 Å². The van der Waals surface area contributed by atoms with Gasteiger partial charge in [-0.3, -0.25) is 19.2 Å². The predicted octanol–water partition coefficient (Wildman–Crippen LogP) is 9.49. The van der Waals surface area contributed by atoms with E-state index in [9.17, 15) is 19.2 Å². The van der Waals surface area contributed by atoms with Crippen molar-refractivity contribution in [1.82, 2.24) is 0 Å². The van der Waals surface area contributed by atoms with Crippen molar-refractivity contribution in [2.45, 2.75) is 131 Å². The first-order valence-corrected chi connectivity index (χ1v) is 17.1. The molecule has 8 nitrogen and oxygen atoms in total. The summed E-state index contributed by atoms with van der Waals surface area (Å²) in [6, 6.07) is 10.6. The Labute approximate surface area is 275 Å². The average Bonchev–Trinajstić information content (AvgIpc) is 3.03. The molecule has 0 saturated heterocycles. The fourth-order valence-electron chi connectivity index (χ4n) is 4.93. The van der Waals surface area contributed by atoms with Gasteiger partial charge in [0.2, 0.25) is 0 Å². The maximum absolute atomic E-state index is 12.7. The third-order valence-corrected chi connectivity index (χ3v) is 8.06. The Balaban J connectivity index is 2.63. The summed E-state index contributed by atoms with van der Waals surface area (Å²) < 4.78 is 22.9. The van der Waals surface area contributed by atoms with E-state index < -0.39 is 11.9 Å². The van der Waals surface area contributed by atoms with Gasteiger partial charge in [0.15, 0.2) is 23.0 Å². The molecule has 2 rings (SSSR count). The molecule has 0 aliphatic carbocycles. The molecule has 0 N–H and O–H groups in total. The van der Waals surface area contributed by atoms with Gasteiger partial charge in [-0.25, -0.2) is 0 Å². The highest BCUT2D eigenvalue weighted by molar-refractivity contribution is 5.77. The second kappa shape index (κ2) is 20.4. The van der Waals surface area contributed by atoms with Crippen molar-refractivity contribution >= 4 is 23.9 Å². The summed E-state index contributed by atoms with van der Waals surface area (Å²) in [5, 5.41) is 0. The molecule has 0 amide bonds. The lowest BCUT2D eigenvalue weighted by atomic mass is 9.76. The molecule has 0 heterocycles. The summed E-state index contributed by atoms with van der Waals surface area (Å²) in [4.78, 5) is 50.5. The van der Waals surface area contributed by atoms with Crippen LogP contribution in [0, 0.1) is 11.8 Å². The number of carbonyl (C=O) groups excluding carboxylic acids is 4. The van der Waals surface area contributed by atoms with Crippen LogP contribution in [0.25, 0.3) is 0 Å². The minimum absolute atomic E-state index is 0.0863. The highest BCUT2D eigenvalue weighted by atomic mass is 16.6. The van der Waals surface area contributed by atoms with E-state index in [4.69, 9.17) is 18.9 Å². The monoisotopic (exact) mass is 638 g/mol. The quantitative estimate of drug-likeness (QED) is 0.104. The van der Waals surface area contributed by atoms with Crippen molar-refractivity contribution in [1.29, 1.82) is 0 Å². The van der Waals surface area contributed by atoms with Crippen LogP contribution in [0.5, 0.6) is 23.0 Å². The Bertz CT molecular complexity index is 1190. The van der Waals surface area contributed by atoms with Gasteiger partial charge in [0, 0.05) is 31.6 Å². The van der Waals surface area contributed by atoms with E-state index in [0.29, 0.717) is 25.7 Å². The number of carbonyl (C=O) groups is 4. The van der Waals surface area contributed by atoms with Crippen LogP contribution in [0.3, 0.4) is 0 Å². The molecule has 0 saturated carbocycles. The first-order chi connectivity index (χ1) is 22.0. The zero-order valence-corrected chi connectivity index (χ0v) is 28.9. The second-order valence-corrected chi connectivity index (χ2v) is 12.3. The molecule has 0 fully saturated rings. The lowest BCUT2D eigenvalue weighted by molar-refractivity contribution is -0.137. The van der Waals surface area contributed by atoms with Crippen molar-refractivity contribution in [3.8, 4) is 23.0 Å². The van der Waals surface area contributed by atoms with Crippen LogP contribution < -0.4 is 18.9 Å². The molecule has 0 aromatic heterocycles. The van der Waals surface area contributed by atoms with Gasteiger partial charge in [0.25, 0.3) is 0 Å². The number of rotatable bonds is 20. The zero-order chi connectivity index (χ0) is 34.1. The average molecular weight is 639 g/mol. The van der Waals surface area contributed by atoms with Gasteiger partial charge in [-0.1, -0.05) is 86.3 Å². The van der Waals surface area contributed by atoms with Gasteiger partial charge >= 0.3 is 23.9 Å². The van der Waals surface area contributed by atoms with E-state index in [-0.39, 0.29) is 78.4 Å². The summed E-state index contributed by atoms with van der Waals surface area (Å²) >= 11 is 0. The van der Waals surface area contributed by atoms with E-state index >= 15 is 0 Å². The number of benzene rings is 2. The third kappa shape index (κ3) is 12.6. The van der Waals surface area contributed by atoms with Crippen LogP contribution in [0.4, 0.5) is 0 Å². The standard InChI is InChI=1S/C38H54O8/c1-8-12-16-34(39)43-30-22-20-28(24-32(30)45-36(41)18-14-10-3)38(27(7)26(5)6)29-21-23-31(44-35(40)17-13-9-2)33(25-29)46-37(42)19-15-11-4/h20-27,38H,8-19H2,1-7H3. The molecular weight excluding hydrogens is 584 g/mol. The molecule has 0 aliphatic heterocycles. The largest absolute Gasteiger partial charge is 0.423 e. The van der Waals surface area contributed by atoms with Gasteiger partial charge in [-0.15, -0.1) is 0 Å². The lowest BCUT2D eigenvalue weighted by Crippen LogP contribution is -2.18. The Morgan fingerprint density at radius 1 is 0.500 bits per heavy atom. The minimum atomic E-state index is -0.395. The third-order valence-electron chi connectivity index (χ3n) is 8.06. The van der Waals surface area contributed by atoms with Crippen molar-refractivity contribution < 1.29 is 38.1 Å². The van der Waals surface area contributed by atoms with E-state index in [1.54, 1.807) is 24.3 Å². The topological polar surface area (TPSA) is 105 Å². The van der Waals surface area contributed by atoms with Gasteiger partial charge in [-0.2, -0.15) is 0 Å². The Morgan fingerprint density at radius 3 is 1.09 bits per heavy atom. The van der Waals surface area contributed by atoms with E-state index in [0.717, 1.165) is 36.8 Å². The first kappa shape index (κ1) is 38.5. The predicted molar refractivity (Wildman–Crippen MR) is 179 cm³/mol. The smallest absolute Gasteiger partial charge is 0.311 e. The summed E-state index contributed by atoms with van der Waals surface area (Å²) in [7, 11) is 0. The normalized spacial score (nSPS) is 11.8. The van der Waals surface area contributed by atoms with Crippen LogP contribution >= 0.6 is 0 Å². The number of hydrogen-bond acceptors (Lipinski definition) is 8. The lowest BCUT2D eigenvalue weighted by Gasteiger charge is -2.29. The summed E-state index contributed by atoms with van der Waals surface area (Å²) in [5.41, 5.74) is 1.67. The Hall–Kier alpha value is -3.68. The SMILES string of the molecule is CCCCC(=O)Oc1ccc(C(c2ccc(OC(=O)CCCC)c(OC(=O)CCCC)c2)C(C)C(C)C)cc1OC(=O)CCCC. The van der Waals surface area contributed by atoms with Gasteiger partial charge in [0.05, 0.1) is 0 Å². The number of hydrogen-bond donors (Lipinski definition) is 0. The van der Waals surface area contributed by atoms with Crippen LogP contribution in [-0.4, -0.2) is 23.9 Å². The molecule has 0 bridgehead atoms. The van der Waals surface area contributed by atoms with E-state index in [1.165, 1.54) is 0 Å². The number of unbranched alkanes of at least 4 members (excludes halogenated alkanes) is 4. The number of ether oxygens (including phenoxy) is 4. The highest BCUT2D eigenvalue weighted by Gasteiger charge is 2.28. The van der Waals surface area contributed by atoms with Crippen LogP contribution in [0.1, 0.15) is 143 Å². The first-order valence-electron chi connectivity index (χ1n) is 17.1. The van der Waals surface area contributed by atoms with Gasteiger partial charge in [-0.05, 0) is 72.9 Å². The van der Waals surface area contributed by atoms with Crippen molar-refractivity contribution in [2.24, 2.45) is 11.8 Å². The molecule has 0 radical (unpaired) electrons.